The van der Waals surface area contributed by atoms with Gasteiger partial charge in [0.1, 0.15) is 5.82 Å². The molecule has 6 heteroatoms. The lowest BCUT2D eigenvalue weighted by Gasteiger charge is -2.34. The van der Waals surface area contributed by atoms with Crippen LogP contribution in [0, 0.1) is 5.82 Å². The van der Waals surface area contributed by atoms with Crippen molar-refractivity contribution < 1.29 is 12.8 Å². The summed E-state index contributed by atoms with van der Waals surface area (Å²) < 4.78 is 40.5. The van der Waals surface area contributed by atoms with Gasteiger partial charge >= 0.3 is 0 Å². The summed E-state index contributed by atoms with van der Waals surface area (Å²) in [4.78, 5) is 1.28. The first-order chi connectivity index (χ1) is 10.0. The highest BCUT2D eigenvalue weighted by Crippen LogP contribution is 2.38. The lowest BCUT2D eigenvalue weighted by Crippen LogP contribution is -2.39. The molecule has 1 aliphatic heterocycles. The van der Waals surface area contributed by atoms with Gasteiger partial charge in [-0.3, -0.25) is 0 Å². The average Bonchev–Trinajstić information content (AvgIpc) is 2.94. The largest absolute Gasteiger partial charge is 0.243 e. The van der Waals surface area contributed by atoms with Gasteiger partial charge in [0, 0.05) is 11.4 Å². The lowest BCUT2D eigenvalue weighted by atomic mass is 10.0. The molecule has 3 nitrogen and oxygen atoms in total. The molecule has 2 heterocycles. The number of fused-ring (bicyclic) bond motifs is 1. The Hall–Kier alpha value is -1.24. The first kappa shape index (κ1) is 14.7. The molecule has 1 atom stereocenters. The standard InChI is InChI=1S/C15H16FNO2S2/c1-2-14-13-7-9-20-15(13)6-8-17(14)21(18,19)12-5-3-4-11(16)10-12/h3-5,7,9-10,14H,2,6,8H2,1H3. The number of thiophene rings is 1. The third-order valence-corrected chi connectivity index (χ3v) is 6.74. The molecule has 1 aliphatic rings. The van der Waals surface area contributed by atoms with Gasteiger partial charge in [-0.1, -0.05) is 13.0 Å². The van der Waals surface area contributed by atoms with Crippen LogP contribution in [0.1, 0.15) is 29.8 Å². The maximum atomic E-state index is 13.4. The van der Waals surface area contributed by atoms with Crippen molar-refractivity contribution in [3.63, 3.8) is 0 Å². The van der Waals surface area contributed by atoms with Crippen LogP contribution in [0.3, 0.4) is 0 Å². The number of benzene rings is 1. The Kier molecular flexibility index (Phi) is 3.86. The van der Waals surface area contributed by atoms with E-state index < -0.39 is 15.8 Å². The van der Waals surface area contributed by atoms with Crippen LogP contribution in [-0.2, 0) is 16.4 Å². The minimum absolute atomic E-state index is 0.0274. The molecule has 0 radical (unpaired) electrons. The van der Waals surface area contributed by atoms with Crippen molar-refractivity contribution in [3.8, 4) is 0 Å². The molecule has 1 aromatic carbocycles. The van der Waals surface area contributed by atoms with Crippen molar-refractivity contribution in [1.29, 1.82) is 0 Å². The number of hydrogen-bond donors (Lipinski definition) is 0. The molecule has 0 saturated heterocycles. The van der Waals surface area contributed by atoms with E-state index in [1.165, 1.54) is 27.4 Å². The molecule has 1 aromatic heterocycles. The highest BCUT2D eigenvalue weighted by Gasteiger charge is 2.36. The summed E-state index contributed by atoms with van der Waals surface area (Å²) in [7, 11) is -3.67. The van der Waals surface area contributed by atoms with Gasteiger partial charge in [-0.2, -0.15) is 4.31 Å². The fraction of sp³-hybridized carbons (Fsp3) is 0.333. The first-order valence-electron chi connectivity index (χ1n) is 6.87. The Bertz CT molecular complexity index is 755. The Balaban J connectivity index is 2.03. The van der Waals surface area contributed by atoms with Gasteiger partial charge in [0.05, 0.1) is 10.9 Å². The first-order valence-corrected chi connectivity index (χ1v) is 9.19. The van der Waals surface area contributed by atoms with Crippen LogP contribution in [0.4, 0.5) is 4.39 Å². The second-order valence-corrected chi connectivity index (χ2v) is 7.94. The van der Waals surface area contributed by atoms with E-state index in [-0.39, 0.29) is 10.9 Å². The summed E-state index contributed by atoms with van der Waals surface area (Å²) >= 11 is 1.67. The van der Waals surface area contributed by atoms with E-state index >= 15 is 0 Å². The molecule has 112 valence electrons. The van der Waals surface area contributed by atoms with Gasteiger partial charge in [-0.05, 0) is 48.1 Å². The molecule has 3 rings (SSSR count). The van der Waals surface area contributed by atoms with E-state index in [0.717, 1.165) is 18.1 Å². The average molecular weight is 325 g/mol. The lowest BCUT2D eigenvalue weighted by molar-refractivity contribution is 0.303. The number of halogens is 1. The van der Waals surface area contributed by atoms with Gasteiger partial charge in [0.15, 0.2) is 0 Å². The fourth-order valence-corrected chi connectivity index (χ4v) is 5.49. The van der Waals surface area contributed by atoms with Crippen LogP contribution in [-0.4, -0.2) is 19.3 Å². The molecule has 0 saturated carbocycles. The van der Waals surface area contributed by atoms with Gasteiger partial charge in [0.2, 0.25) is 10.0 Å². The van der Waals surface area contributed by atoms with E-state index in [1.807, 2.05) is 18.4 Å². The molecular formula is C15H16FNO2S2. The molecular weight excluding hydrogens is 309 g/mol. The Morgan fingerprint density at radius 1 is 1.38 bits per heavy atom. The SMILES string of the molecule is CCC1c2ccsc2CCN1S(=O)(=O)c1cccc(F)c1. The topological polar surface area (TPSA) is 37.4 Å². The molecule has 0 aliphatic carbocycles. The quantitative estimate of drug-likeness (QED) is 0.865. The van der Waals surface area contributed by atoms with E-state index in [2.05, 4.69) is 0 Å². The van der Waals surface area contributed by atoms with Gasteiger partial charge in [0.25, 0.3) is 0 Å². The van der Waals surface area contributed by atoms with E-state index in [0.29, 0.717) is 13.0 Å². The smallest absolute Gasteiger partial charge is 0.207 e. The van der Waals surface area contributed by atoms with E-state index in [9.17, 15) is 12.8 Å². The summed E-state index contributed by atoms with van der Waals surface area (Å²) in [5, 5.41) is 2.01. The normalized spacial score (nSPS) is 19.4. The number of rotatable bonds is 3. The molecule has 0 fully saturated rings. The van der Waals surface area contributed by atoms with Crippen LogP contribution in [0.2, 0.25) is 0 Å². The minimum atomic E-state index is -3.67. The third kappa shape index (κ3) is 2.52. The van der Waals surface area contributed by atoms with Gasteiger partial charge in [-0.25, -0.2) is 12.8 Å². The molecule has 0 spiro atoms. The highest BCUT2D eigenvalue weighted by molar-refractivity contribution is 7.89. The Morgan fingerprint density at radius 2 is 2.19 bits per heavy atom. The van der Waals surface area contributed by atoms with E-state index in [1.54, 1.807) is 11.3 Å². The molecule has 2 aromatic rings. The summed E-state index contributed by atoms with van der Waals surface area (Å²) in [5.74, 6) is -0.530. The molecule has 0 bridgehead atoms. The predicted octanol–water partition coefficient (Wildman–Crippen LogP) is 3.59. The minimum Gasteiger partial charge on any atom is -0.207 e. The molecule has 1 unspecified atom stereocenters. The van der Waals surface area contributed by atoms with Crippen molar-refractivity contribution >= 4 is 21.4 Å². The zero-order chi connectivity index (χ0) is 15.0. The highest BCUT2D eigenvalue weighted by atomic mass is 32.2. The molecule has 21 heavy (non-hydrogen) atoms. The van der Waals surface area contributed by atoms with Crippen LogP contribution in [0.15, 0.2) is 40.6 Å². The number of nitrogens with zero attached hydrogens (tertiary/aromatic N) is 1. The van der Waals surface area contributed by atoms with Crippen molar-refractivity contribution in [1.82, 2.24) is 4.31 Å². The van der Waals surface area contributed by atoms with Crippen LogP contribution >= 0.6 is 11.3 Å². The zero-order valence-electron chi connectivity index (χ0n) is 11.6. The third-order valence-electron chi connectivity index (χ3n) is 3.84. The maximum Gasteiger partial charge on any atom is 0.243 e. The van der Waals surface area contributed by atoms with Crippen LogP contribution in [0.25, 0.3) is 0 Å². The van der Waals surface area contributed by atoms with Crippen molar-refractivity contribution in [3.05, 3.63) is 52.0 Å². The predicted molar refractivity (Wildman–Crippen MR) is 81.3 cm³/mol. The fourth-order valence-electron chi connectivity index (χ4n) is 2.85. The summed E-state index contributed by atoms with van der Waals surface area (Å²) in [6.45, 7) is 2.43. The maximum absolute atomic E-state index is 13.4. The number of sulfonamides is 1. The summed E-state index contributed by atoms with van der Waals surface area (Å²) in [6, 6.07) is 7.07. The summed E-state index contributed by atoms with van der Waals surface area (Å²) in [5.41, 5.74) is 1.09. The van der Waals surface area contributed by atoms with E-state index in [4.69, 9.17) is 0 Å². The zero-order valence-corrected chi connectivity index (χ0v) is 13.3. The number of hydrogen-bond acceptors (Lipinski definition) is 3. The molecule has 0 amide bonds. The van der Waals surface area contributed by atoms with Crippen LogP contribution < -0.4 is 0 Å². The van der Waals surface area contributed by atoms with Crippen molar-refractivity contribution in [2.24, 2.45) is 0 Å². The van der Waals surface area contributed by atoms with Gasteiger partial charge < -0.3 is 0 Å². The second-order valence-electron chi connectivity index (χ2n) is 5.05. The Labute approximate surface area is 128 Å². The van der Waals surface area contributed by atoms with Crippen molar-refractivity contribution in [2.45, 2.75) is 30.7 Å². The van der Waals surface area contributed by atoms with Crippen molar-refractivity contribution in [2.75, 3.05) is 6.54 Å². The monoisotopic (exact) mass is 325 g/mol. The summed E-state index contributed by atoms with van der Waals surface area (Å²) in [6.07, 6.45) is 1.43. The Morgan fingerprint density at radius 3 is 2.90 bits per heavy atom. The molecule has 0 N–H and O–H groups in total. The second kappa shape index (κ2) is 5.51. The van der Waals surface area contributed by atoms with Crippen LogP contribution in [0.5, 0.6) is 0 Å². The van der Waals surface area contributed by atoms with Gasteiger partial charge in [-0.15, -0.1) is 11.3 Å².